The molecule has 0 aliphatic carbocycles. The molecule has 1 aliphatic heterocycles. The summed E-state index contributed by atoms with van der Waals surface area (Å²) in [5.41, 5.74) is 2.79. The molecule has 1 aromatic carbocycles. The normalized spacial score (nSPS) is 21.6. The van der Waals surface area contributed by atoms with Gasteiger partial charge in [0.05, 0.1) is 11.8 Å². The van der Waals surface area contributed by atoms with Crippen LogP contribution >= 0.6 is 0 Å². The number of pyridine rings is 1. The molecular formula is C17H20N2O2. The van der Waals surface area contributed by atoms with Gasteiger partial charge in [-0.1, -0.05) is 30.3 Å². The van der Waals surface area contributed by atoms with Gasteiger partial charge in [-0.25, -0.2) is 0 Å². The largest absolute Gasteiger partial charge is 0.506 e. The Bertz CT molecular complexity index is 601. The Morgan fingerprint density at radius 2 is 2.05 bits per heavy atom. The van der Waals surface area contributed by atoms with E-state index in [9.17, 15) is 5.11 Å². The van der Waals surface area contributed by atoms with Crippen LogP contribution in [0.15, 0.2) is 42.5 Å². The maximum Gasteiger partial charge on any atom is 0.138 e. The smallest absolute Gasteiger partial charge is 0.138 e. The van der Waals surface area contributed by atoms with Crippen molar-refractivity contribution < 1.29 is 9.84 Å². The molecule has 1 fully saturated rings. The molecule has 1 aliphatic rings. The van der Waals surface area contributed by atoms with Gasteiger partial charge in [-0.15, -0.1) is 0 Å². The number of nitrogens with one attached hydrogen (secondary N) is 1. The third kappa shape index (κ3) is 3.23. The molecule has 4 nitrogen and oxygen atoms in total. The predicted molar refractivity (Wildman–Crippen MR) is 81.0 cm³/mol. The van der Waals surface area contributed by atoms with Crippen LogP contribution in [-0.2, 0) is 11.3 Å². The van der Waals surface area contributed by atoms with Gasteiger partial charge in [-0.2, -0.15) is 0 Å². The lowest BCUT2D eigenvalue weighted by Gasteiger charge is -2.20. The number of nitrogens with zero attached hydrogens (tertiary/aromatic N) is 1. The van der Waals surface area contributed by atoms with Crippen LogP contribution in [0.3, 0.4) is 0 Å². The number of hydrogen-bond donors (Lipinski definition) is 2. The van der Waals surface area contributed by atoms with Crippen LogP contribution in [0.4, 0.5) is 0 Å². The monoisotopic (exact) mass is 284 g/mol. The van der Waals surface area contributed by atoms with Crippen molar-refractivity contribution in [2.24, 2.45) is 0 Å². The zero-order valence-electron chi connectivity index (χ0n) is 12.1. The van der Waals surface area contributed by atoms with Gasteiger partial charge in [0.2, 0.25) is 0 Å². The first-order valence-corrected chi connectivity index (χ1v) is 7.29. The summed E-state index contributed by atoms with van der Waals surface area (Å²) in [7, 11) is 0. The summed E-state index contributed by atoms with van der Waals surface area (Å²) in [5, 5.41) is 13.3. The molecule has 4 heteroatoms. The van der Waals surface area contributed by atoms with Crippen LogP contribution in [0.2, 0.25) is 0 Å². The van der Waals surface area contributed by atoms with E-state index in [2.05, 4.69) is 22.4 Å². The average Bonchev–Trinajstić information content (AvgIpc) is 2.97. The molecule has 1 saturated heterocycles. The van der Waals surface area contributed by atoms with Crippen molar-refractivity contribution in [3.05, 3.63) is 59.4 Å². The van der Waals surface area contributed by atoms with Crippen molar-refractivity contribution in [1.82, 2.24) is 10.3 Å². The van der Waals surface area contributed by atoms with E-state index in [1.54, 1.807) is 6.07 Å². The predicted octanol–water partition coefficient (Wildman–Crippen LogP) is 2.72. The first kappa shape index (κ1) is 14.0. The second-order valence-electron chi connectivity index (χ2n) is 5.40. The quantitative estimate of drug-likeness (QED) is 0.906. The number of benzene rings is 1. The molecule has 0 unspecified atom stereocenters. The molecule has 110 valence electrons. The Morgan fingerprint density at radius 3 is 2.86 bits per heavy atom. The van der Waals surface area contributed by atoms with Crippen LogP contribution in [0.25, 0.3) is 0 Å². The topological polar surface area (TPSA) is 54.4 Å². The van der Waals surface area contributed by atoms with E-state index >= 15 is 0 Å². The molecule has 0 saturated carbocycles. The highest BCUT2D eigenvalue weighted by atomic mass is 16.5. The molecule has 21 heavy (non-hydrogen) atoms. The highest BCUT2D eigenvalue weighted by Gasteiger charge is 2.29. The minimum atomic E-state index is 0.0677. The minimum absolute atomic E-state index is 0.0677. The van der Waals surface area contributed by atoms with Crippen molar-refractivity contribution in [3.63, 3.8) is 0 Å². The Morgan fingerprint density at radius 1 is 1.24 bits per heavy atom. The fourth-order valence-corrected chi connectivity index (χ4v) is 2.73. The number of rotatable bonds is 4. The fraction of sp³-hybridized carbons (Fsp3) is 0.353. The summed E-state index contributed by atoms with van der Waals surface area (Å²) in [6, 6.07) is 14.0. The number of hydrogen-bond acceptors (Lipinski definition) is 4. The molecule has 2 N–H and O–H groups in total. The van der Waals surface area contributed by atoms with E-state index in [0.717, 1.165) is 18.7 Å². The van der Waals surface area contributed by atoms with E-state index in [4.69, 9.17) is 4.74 Å². The average molecular weight is 284 g/mol. The molecule has 0 amide bonds. The lowest BCUT2D eigenvalue weighted by atomic mass is 10.0. The van der Waals surface area contributed by atoms with E-state index in [-0.39, 0.29) is 17.9 Å². The molecule has 0 radical (unpaired) electrons. The minimum Gasteiger partial charge on any atom is -0.506 e. The van der Waals surface area contributed by atoms with E-state index in [1.807, 2.05) is 31.2 Å². The second-order valence-corrected chi connectivity index (χ2v) is 5.40. The number of aromatic nitrogens is 1. The van der Waals surface area contributed by atoms with E-state index in [1.165, 1.54) is 5.56 Å². The number of aromatic hydroxyl groups is 1. The van der Waals surface area contributed by atoms with Crippen LogP contribution in [0, 0.1) is 6.92 Å². The summed E-state index contributed by atoms with van der Waals surface area (Å²) in [6.07, 6.45) is 1.03. The SMILES string of the molecule is Cc1ccc(O)c(CN[C@@H]2CCO[C@H]2c2ccccc2)n1. The molecule has 2 aromatic rings. The van der Waals surface area contributed by atoms with Crippen molar-refractivity contribution in [1.29, 1.82) is 0 Å². The van der Waals surface area contributed by atoms with Gasteiger partial charge >= 0.3 is 0 Å². The van der Waals surface area contributed by atoms with Crippen molar-refractivity contribution >= 4 is 0 Å². The number of ether oxygens (including phenoxy) is 1. The summed E-state index contributed by atoms with van der Waals surface area (Å²) in [5.74, 6) is 0.239. The number of aryl methyl sites for hydroxylation is 1. The highest BCUT2D eigenvalue weighted by molar-refractivity contribution is 5.27. The van der Waals surface area contributed by atoms with Crippen molar-refractivity contribution in [3.8, 4) is 5.75 Å². The summed E-state index contributed by atoms with van der Waals surface area (Å²) >= 11 is 0. The van der Waals surface area contributed by atoms with Gasteiger partial charge in [-0.3, -0.25) is 4.98 Å². The summed E-state index contributed by atoms with van der Waals surface area (Å²) in [4.78, 5) is 4.38. The van der Waals surface area contributed by atoms with Crippen LogP contribution < -0.4 is 5.32 Å². The Kier molecular flexibility index (Phi) is 4.18. The van der Waals surface area contributed by atoms with Gasteiger partial charge in [-0.05, 0) is 31.0 Å². The Balaban J connectivity index is 1.68. The second kappa shape index (κ2) is 6.24. The lowest BCUT2D eigenvalue weighted by molar-refractivity contribution is 0.0983. The van der Waals surface area contributed by atoms with Gasteiger partial charge in [0.15, 0.2) is 0 Å². The van der Waals surface area contributed by atoms with Gasteiger partial charge in [0.1, 0.15) is 5.75 Å². The van der Waals surface area contributed by atoms with Gasteiger partial charge in [0.25, 0.3) is 0 Å². The van der Waals surface area contributed by atoms with Crippen molar-refractivity contribution in [2.45, 2.75) is 32.0 Å². The molecule has 2 atom stereocenters. The van der Waals surface area contributed by atoms with E-state index in [0.29, 0.717) is 12.2 Å². The first-order valence-electron chi connectivity index (χ1n) is 7.29. The highest BCUT2D eigenvalue weighted by Crippen LogP contribution is 2.29. The third-order valence-electron chi connectivity index (χ3n) is 3.84. The zero-order chi connectivity index (χ0) is 14.7. The Labute approximate surface area is 124 Å². The standard InChI is InChI=1S/C17H20N2O2/c1-12-7-8-16(20)15(19-12)11-18-14-9-10-21-17(14)13-5-3-2-4-6-13/h2-8,14,17-18,20H,9-11H2,1H3/t14-,17+/m1/s1. The van der Waals surface area contributed by atoms with Gasteiger partial charge < -0.3 is 15.2 Å². The molecule has 0 bridgehead atoms. The first-order chi connectivity index (χ1) is 10.2. The Hall–Kier alpha value is -1.91. The molecule has 3 rings (SSSR count). The van der Waals surface area contributed by atoms with Crippen LogP contribution in [0.5, 0.6) is 5.75 Å². The van der Waals surface area contributed by atoms with Crippen molar-refractivity contribution in [2.75, 3.05) is 6.61 Å². The maximum absolute atomic E-state index is 9.86. The van der Waals surface area contributed by atoms with Gasteiger partial charge in [0, 0.05) is 24.9 Å². The molecular weight excluding hydrogens is 264 g/mol. The van der Waals surface area contributed by atoms with Crippen LogP contribution in [0.1, 0.15) is 29.5 Å². The van der Waals surface area contributed by atoms with E-state index < -0.39 is 0 Å². The molecule has 1 aromatic heterocycles. The lowest BCUT2D eigenvalue weighted by Crippen LogP contribution is -2.31. The maximum atomic E-state index is 9.86. The molecule has 0 spiro atoms. The zero-order valence-corrected chi connectivity index (χ0v) is 12.1. The summed E-state index contributed by atoms with van der Waals surface area (Å²) < 4.78 is 5.85. The van der Waals surface area contributed by atoms with Crippen LogP contribution in [-0.4, -0.2) is 22.7 Å². The third-order valence-corrected chi connectivity index (χ3v) is 3.84. The summed E-state index contributed by atoms with van der Waals surface area (Å²) in [6.45, 7) is 3.23. The fourth-order valence-electron chi connectivity index (χ4n) is 2.73. The molecule has 2 heterocycles.